The van der Waals surface area contributed by atoms with E-state index in [9.17, 15) is 23.1 Å². The molecule has 2 amide bonds. The van der Waals surface area contributed by atoms with Crippen molar-refractivity contribution in [3.63, 3.8) is 0 Å². The number of likely N-dealkylation sites (tertiary alicyclic amines) is 1. The van der Waals surface area contributed by atoms with Gasteiger partial charge in [0, 0.05) is 45.8 Å². The molecule has 2 N–H and O–H groups in total. The number of rotatable bonds is 8. The summed E-state index contributed by atoms with van der Waals surface area (Å²) in [6.07, 6.45) is 4.00. The van der Waals surface area contributed by atoms with Crippen LogP contribution in [0.15, 0.2) is 36.4 Å². The first-order chi connectivity index (χ1) is 20.2. The maximum absolute atomic E-state index is 13.6. The van der Waals surface area contributed by atoms with Crippen LogP contribution < -0.4 is 9.62 Å². The average molecular weight is 597 g/mol. The van der Waals surface area contributed by atoms with E-state index in [2.05, 4.69) is 9.62 Å². The second kappa shape index (κ2) is 11.5. The Morgan fingerprint density at radius 1 is 1.07 bits per heavy atom. The van der Waals surface area contributed by atoms with E-state index in [1.807, 2.05) is 30.3 Å². The summed E-state index contributed by atoms with van der Waals surface area (Å²) in [5, 5.41) is 14.2. The standard InChI is InChI=1S/C29H36N6O6S/c1-41-18-19-10-13-33(14-11-19)24-16-23(28(36)32-42(39,40)22-12-15-34(17-22)29(37)38)30-27-25(24)26(20-6-5-7-20)31-35(27)21-8-3-2-4-9-21/h2-4,8-9,16,19-20,22H,5-7,10-15,17-18H2,1H3,(H,32,36)(H,37,38). The second-order valence-electron chi connectivity index (χ2n) is 11.5. The van der Waals surface area contributed by atoms with Gasteiger partial charge in [-0.25, -0.2) is 27.6 Å². The third-order valence-corrected chi connectivity index (χ3v) is 10.5. The molecule has 2 aromatic heterocycles. The minimum Gasteiger partial charge on any atom is -0.465 e. The molecule has 3 aromatic rings. The van der Waals surface area contributed by atoms with Gasteiger partial charge < -0.3 is 19.6 Å². The van der Waals surface area contributed by atoms with Gasteiger partial charge in [-0.2, -0.15) is 5.10 Å². The van der Waals surface area contributed by atoms with Gasteiger partial charge >= 0.3 is 6.09 Å². The maximum Gasteiger partial charge on any atom is 0.407 e. The number of aromatic nitrogens is 3. The molecule has 4 heterocycles. The molecule has 1 atom stereocenters. The van der Waals surface area contributed by atoms with E-state index in [1.165, 1.54) is 0 Å². The lowest BCUT2D eigenvalue weighted by molar-refractivity contribution is 0.0976. The summed E-state index contributed by atoms with van der Waals surface area (Å²) < 4.78 is 35.6. The Labute approximate surface area is 244 Å². The fraction of sp³-hybridized carbons (Fsp3) is 0.517. The summed E-state index contributed by atoms with van der Waals surface area (Å²) in [7, 11) is -2.42. The Kier molecular flexibility index (Phi) is 7.79. The zero-order valence-electron chi connectivity index (χ0n) is 23.6. The summed E-state index contributed by atoms with van der Waals surface area (Å²) in [4.78, 5) is 32.9. The van der Waals surface area contributed by atoms with Gasteiger partial charge in [-0.3, -0.25) is 4.79 Å². The molecule has 12 nitrogen and oxygen atoms in total. The molecule has 2 aliphatic heterocycles. The first kappa shape index (κ1) is 28.4. The summed E-state index contributed by atoms with van der Waals surface area (Å²) in [6, 6.07) is 11.3. The SMILES string of the molecule is COCC1CCN(c2cc(C(=O)NS(=O)(=O)C3CCN(C(=O)O)C3)nc3c2c(C2CCC2)nn3-c2ccccc2)CC1. The highest BCUT2D eigenvalue weighted by atomic mass is 32.2. The fourth-order valence-electron chi connectivity index (χ4n) is 6.20. The van der Waals surface area contributed by atoms with Gasteiger partial charge in [-0.05, 0) is 56.2 Å². The highest BCUT2D eigenvalue weighted by Gasteiger charge is 2.37. The third kappa shape index (κ3) is 5.42. The number of nitrogens with zero attached hydrogens (tertiary/aromatic N) is 5. The van der Waals surface area contributed by atoms with E-state index in [0.717, 1.165) is 72.5 Å². The Hall–Kier alpha value is -3.71. The minimum absolute atomic E-state index is 0.0228. The lowest BCUT2D eigenvalue weighted by Gasteiger charge is -2.34. The first-order valence-corrected chi connectivity index (χ1v) is 16.1. The van der Waals surface area contributed by atoms with Crippen LogP contribution >= 0.6 is 0 Å². The van der Waals surface area contributed by atoms with E-state index >= 15 is 0 Å². The molecule has 0 bridgehead atoms. The summed E-state index contributed by atoms with van der Waals surface area (Å²) in [5.41, 5.74) is 3.09. The van der Waals surface area contributed by atoms with Gasteiger partial charge in [0.1, 0.15) is 5.69 Å². The molecule has 224 valence electrons. The normalized spacial score (nSPS) is 20.2. The highest BCUT2D eigenvalue weighted by Crippen LogP contribution is 2.43. The number of hydrogen-bond acceptors (Lipinski definition) is 8. The van der Waals surface area contributed by atoms with E-state index < -0.39 is 27.3 Å². The zero-order chi connectivity index (χ0) is 29.4. The van der Waals surface area contributed by atoms with Crippen molar-refractivity contribution in [1.29, 1.82) is 0 Å². The molecule has 6 rings (SSSR count). The van der Waals surface area contributed by atoms with Crippen LogP contribution in [-0.2, 0) is 14.8 Å². The van der Waals surface area contributed by atoms with Crippen LogP contribution in [0, 0.1) is 5.92 Å². The second-order valence-corrected chi connectivity index (χ2v) is 13.4. The number of hydrogen-bond donors (Lipinski definition) is 2. The molecule has 0 spiro atoms. The number of carboxylic acid groups (broad SMARTS) is 1. The maximum atomic E-state index is 13.6. The summed E-state index contributed by atoms with van der Waals surface area (Å²) in [5.74, 6) is -0.0951. The van der Waals surface area contributed by atoms with Gasteiger partial charge in [0.15, 0.2) is 5.65 Å². The lowest BCUT2D eigenvalue weighted by Crippen LogP contribution is -2.41. The number of benzene rings is 1. The lowest BCUT2D eigenvalue weighted by atomic mass is 9.82. The molecule has 1 aliphatic carbocycles. The molecule has 3 fully saturated rings. The number of nitrogens with one attached hydrogen (secondary N) is 1. The number of anilines is 1. The third-order valence-electron chi connectivity index (χ3n) is 8.82. The van der Waals surface area contributed by atoms with Crippen molar-refractivity contribution in [3.8, 4) is 5.69 Å². The van der Waals surface area contributed by atoms with Gasteiger partial charge in [0.2, 0.25) is 10.0 Å². The quantitative estimate of drug-likeness (QED) is 0.400. The highest BCUT2D eigenvalue weighted by molar-refractivity contribution is 7.90. The van der Waals surface area contributed by atoms with Crippen molar-refractivity contribution in [2.45, 2.75) is 49.7 Å². The van der Waals surface area contributed by atoms with Crippen LogP contribution in [0.1, 0.15) is 60.6 Å². The van der Waals surface area contributed by atoms with Crippen LogP contribution in [0.3, 0.4) is 0 Å². The number of carbonyl (C=O) groups is 2. The number of para-hydroxylation sites is 1. The number of ether oxygens (including phenoxy) is 1. The summed E-state index contributed by atoms with van der Waals surface area (Å²) >= 11 is 0. The Bertz CT molecular complexity index is 1580. The van der Waals surface area contributed by atoms with E-state index in [1.54, 1.807) is 17.9 Å². The smallest absolute Gasteiger partial charge is 0.407 e. The van der Waals surface area contributed by atoms with Gasteiger partial charge in [0.25, 0.3) is 5.91 Å². The number of fused-ring (bicyclic) bond motifs is 1. The number of methoxy groups -OCH3 is 1. The number of piperidine rings is 1. The number of sulfonamides is 1. The van der Waals surface area contributed by atoms with Crippen LogP contribution in [0.4, 0.5) is 10.5 Å². The van der Waals surface area contributed by atoms with Crippen LogP contribution in [-0.4, -0.2) is 90.3 Å². The zero-order valence-corrected chi connectivity index (χ0v) is 24.4. The number of pyridine rings is 1. The Morgan fingerprint density at radius 2 is 1.81 bits per heavy atom. The first-order valence-electron chi connectivity index (χ1n) is 14.5. The van der Waals surface area contributed by atoms with Crippen molar-refractivity contribution in [3.05, 3.63) is 47.8 Å². The molecule has 1 aromatic carbocycles. The predicted molar refractivity (Wildman–Crippen MR) is 157 cm³/mol. The van der Waals surface area contributed by atoms with Crippen molar-refractivity contribution in [1.82, 2.24) is 24.4 Å². The predicted octanol–water partition coefficient (Wildman–Crippen LogP) is 3.36. The van der Waals surface area contributed by atoms with E-state index in [0.29, 0.717) is 24.1 Å². The van der Waals surface area contributed by atoms with E-state index in [-0.39, 0.29) is 25.2 Å². The van der Waals surface area contributed by atoms with Gasteiger partial charge in [-0.15, -0.1) is 0 Å². The van der Waals surface area contributed by atoms with Crippen molar-refractivity contribution >= 4 is 38.7 Å². The van der Waals surface area contributed by atoms with E-state index in [4.69, 9.17) is 14.8 Å². The molecule has 2 saturated heterocycles. The van der Waals surface area contributed by atoms with Crippen molar-refractivity contribution in [2.24, 2.45) is 5.92 Å². The van der Waals surface area contributed by atoms with Crippen molar-refractivity contribution in [2.75, 3.05) is 44.8 Å². The molecule has 42 heavy (non-hydrogen) atoms. The molecule has 3 aliphatic rings. The monoisotopic (exact) mass is 596 g/mol. The number of carbonyl (C=O) groups excluding carboxylic acids is 1. The molecular weight excluding hydrogens is 560 g/mol. The molecule has 1 saturated carbocycles. The van der Waals surface area contributed by atoms with Crippen molar-refractivity contribution < 1.29 is 27.9 Å². The largest absolute Gasteiger partial charge is 0.465 e. The Balaban J connectivity index is 1.42. The average Bonchev–Trinajstić information content (AvgIpc) is 3.60. The van der Waals surface area contributed by atoms with Crippen LogP contribution in [0.25, 0.3) is 16.7 Å². The summed E-state index contributed by atoms with van der Waals surface area (Å²) in [6.45, 7) is 2.14. The molecule has 0 radical (unpaired) electrons. The minimum atomic E-state index is -4.14. The molecule has 1 unspecified atom stereocenters. The Morgan fingerprint density at radius 3 is 2.43 bits per heavy atom. The van der Waals surface area contributed by atoms with Gasteiger partial charge in [-0.1, -0.05) is 24.6 Å². The number of amides is 2. The van der Waals surface area contributed by atoms with Gasteiger partial charge in [0.05, 0.1) is 27.7 Å². The van der Waals surface area contributed by atoms with Crippen LogP contribution in [0.5, 0.6) is 0 Å². The van der Waals surface area contributed by atoms with Crippen LogP contribution in [0.2, 0.25) is 0 Å². The molecule has 13 heteroatoms. The molecular formula is C29H36N6O6S. The topological polar surface area (TPSA) is 147 Å². The fourth-order valence-corrected chi connectivity index (χ4v) is 7.52.